The first-order chi connectivity index (χ1) is 12.7. The Kier molecular flexibility index (Phi) is 4.47. The topological polar surface area (TPSA) is 175 Å². The minimum atomic E-state index is -3.83. The Hall–Kier alpha value is -3.57. The monoisotopic (exact) mass is 388 g/mol. The number of azo groups is 1. The Bertz CT molecular complexity index is 1250. The molecule has 0 bridgehead atoms. The predicted molar refractivity (Wildman–Crippen MR) is 95.2 cm³/mol. The molecule has 0 aliphatic heterocycles. The zero-order chi connectivity index (χ0) is 19.8. The minimum Gasteiger partial charge on any atom is -0.506 e. The lowest BCUT2D eigenvalue weighted by atomic mass is 10.1. The summed E-state index contributed by atoms with van der Waals surface area (Å²) in [4.78, 5) is 25.7. The third-order valence-corrected chi connectivity index (χ3v) is 4.54. The standard InChI is InChI=1S/C16H12N4O6S/c17-27(25,26)9-3-1-8(2-4-9)19-20-10-5-6-12(21)15-14(10)13(22)7-11(18-15)16(23)24/h1-7,21H,(H,18,22)(H,23,24)(H2,17,25,26). The van der Waals surface area contributed by atoms with Crippen LogP contribution in [-0.2, 0) is 10.0 Å². The molecular weight excluding hydrogens is 376 g/mol. The van der Waals surface area contributed by atoms with Crippen molar-refractivity contribution in [2.45, 2.75) is 4.90 Å². The van der Waals surface area contributed by atoms with Crippen LogP contribution in [0.5, 0.6) is 5.75 Å². The molecule has 11 heteroatoms. The molecule has 5 N–H and O–H groups in total. The molecule has 1 heterocycles. The fraction of sp³-hybridized carbons (Fsp3) is 0. The van der Waals surface area contributed by atoms with Crippen LogP contribution in [0.15, 0.2) is 62.4 Å². The number of aromatic carboxylic acids is 1. The highest BCUT2D eigenvalue weighted by Gasteiger charge is 2.14. The molecule has 3 rings (SSSR count). The maximum absolute atomic E-state index is 12.3. The highest BCUT2D eigenvalue weighted by Crippen LogP contribution is 2.30. The molecule has 2 aromatic carbocycles. The van der Waals surface area contributed by atoms with E-state index in [4.69, 9.17) is 10.2 Å². The van der Waals surface area contributed by atoms with E-state index in [-0.39, 0.29) is 32.9 Å². The van der Waals surface area contributed by atoms with Gasteiger partial charge in [-0.05, 0) is 36.4 Å². The van der Waals surface area contributed by atoms with Gasteiger partial charge in [-0.25, -0.2) is 18.4 Å². The van der Waals surface area contributed by atoms with Crippen molar-refractivity contribution >= 4 is 38.3 Å². The Labute approximate surface area is 151 Å². The fourth-order valence-corrected chi connectivity index (χ4v) is 2.86. The summed E-state index contributed by atoms with van der Waals surface area (Å²) in [5.74, 6) is -1.67. The zero-order valence-electron chi connectivity index (χ0n) is 13.4. The number of sulfonamides is 1. The smallest absolute Gasteiger partial charge is 0.352 e. The van der Waals surface area contributed by atoms with Crippen LogP contribution in [-0.4, -0.2) is 29.6 Å². The van der Waals surface area contributed by atoms with E-state index in [2.05, 4.69) is 15.2 Å². The molecule has 0 radical (unpaired) electrons. The number of carbonyl (C=O) groups is 1. The summed E-state index contributed by atoms with van der Waals surface area (Å²) in [6.07, 6.45) is 0. The van der Waals surface area contributed by atoms with E-state index in [1.54, 1.807) is 0 Å². The number of primary sulfonamides is 1. The highest BCUT2D eigenvalue weighted by atomic mass is 32.2. The van der Waals surface area contributed by atoms with E-state index < -0.39 is 21.4 Å². The van der Waals surface area contributed by atoms with Gasteiger partial charge in [0, 0.05) is 6.07 Å². The molecule has 0 atom stereocenters. The number of aromatic nitrogens is 1. The van der Waals surface area contributed by atoms with Crippen LogP contribution in [0.4, 0.5) is 11.4 Å². The molecule has 0 fully saturated rings. The van der Waals surface area contributed by atoms with Gasteiger partial charge in [0.25, 0.3) is 0 Å². The molecule has 1 aromatic heterocycles. The number of aromatic hydroxyl groups is 1. The first kappa shape index (κ1) is 18.2. The Balaban J connectivity index is 2.07. The maximum Gasteiger partial charge on any atom is 0.352 e. The van der Waals surface area contributed by atoms with Gasteiger partial charge in [0.15, 0.2) is 5.43 Å². The number of carboxylic acid groups (broad SMARTS) is 1. The minimum absolute atomic E-state index is 0.0371. The van der Waals surface area contributed by atoms with Crippen molar-refractivity contribution in [2.75, 3.05) is 0 Å². The summed E-state index contributed by atoms with van der Waals surface area (Å²) in [6, 6.07) is 8.72. The number of nitrogens with two attached hydrogens (primary N) is 1. The van der Waals surface area contributed by atoms with Crippen molar-refractivity contribution in [1.82, 2.24) is 4.98 Å². The number of H-pyrrole nitrogens is 1. The number of aromatic amines is 1. The number of phenols is 1. The summed E-state index contributed by atoms with van der Waals surface area (Å²) in [6.45, 7) is 0. The molecule has 10 nitrogen and oxygen atoms in total. The van der Waals surface area contributed by atoms with Crippen LogP contribution >= 0.6 is 0 Å². The van der Waals surface area contributed by atoms with Crippen LogP contribution in [0.3, 0.4) is 0 Å². The molecule has 0 aliphatic carbocycles. The quantitative estimate of drug-likeness (QED) is 0.497. The van der Waals surface area contributed by atoms with Gasteiger partial charge in [-0.3, -0.25) is 4.79 Å². The number of fused-ring (bicyclic) bond motifs is 1. The van der Waals surface area contributed by atoms with Gasteiger partial charge < -0.3 is 15.2 Å². The van der Waals surface area contributed by atoms with Crippen molar-refractivity contribution in [3.05, 3.63) is 58.4 Å². The van der Waals surface area contributed by atoms with Gasteiger partial charge in [0.2, 0.25) is 10.0 Å². The number of nitrogens with zero attached hydrogens (tertiary/aromatic N) is 2. The largest absolute Gasteiger partial charge is 0.506 e. The lowest BCUT2D eigenvalue weighted by Gasteiger charge is -2.05. The van der Waals surface area contributed by atoms with Gasteiger partial charge in [-0.1, -0.05) is 0 Å². The van der Waals surface area contributed by atoms with E-state index in [9.17, 15) is 23.1 Å². The highest BCUT2D eigenvalue weighted by molar-refractivity contribution is 7.89. The van der Waals surface area contributed by atoms with Gasteiger partial charge in [0.1, 0.15) is 11.4 Å². The summed E-state index contributed by atoms with van der Waals surface area (Å²) < 4.78 is 22.5. The summed E-state index contributed by atoms with van der Waals surface area (Å²) in [5, 5.41) is 31.8. The first-order valence-corrected chi connectivity index (χ1v) is 8.88. The Morgan fingerprint density at radius 2 is 1.74 bits per heavy atom. The molecule has 3 aromatic rings. The average molecular weight is 388 g/mol. The molecule has 0 unspecified atom stereocenters. The number of benzene rings is 2. The van der Waals surface area contributed by atoms with Crippen LogP contribution in [0.1, 0.15) is 10.5 Å². The molecule has 138 valence electrons. The van der Waals surface area contributed by atoms with E-state index >= 15 is 0 Å². The second-order valence-electron chi connectivity index (χ2n) is 5.45. The number of rotatable bonds is 4. The number of pyridine rings is 1. The average Bonchev–Trinajstić information content (AvgIpc) is 2.61. The van der Waals surface area contributed by atoms with Crippen LogP contribution in [0.2, 0.25) is 0 Å². The summed E-state index contributed by atoms with van der Waals surface area (Å²) in [7, 11) is -3.83. The van der Waals surface area contributed by atoms with Gasteiger partial charge in [-0.2, -0.15) is 5.11 Å². The number of nitrogens with one attached hydrogen (secondary N) is 1. The Morgan fingerprint density at radius 1 is 1.07 bits per heavy atom. The van der Waals surface area contributed by atoms with Crippen molar-refractivity contribution < 1.29 is 23.4 Å². The van der Waals surface area contributed by atoms with Crippen molar-refractivity contribution in [3.63, 3.8) is 0 Å². The fourth-order valence-electron chi connectivity index (χ4n) is 2.34. The van der Waals surface area contributed by atoms with E-state index in [0.29, 0.717) is 5.69 Å². The third kappa shape index (κ3) is 3.68. The van der Waals surface area contributed by atoms with Gasteiger partial charge >= 0.3 is 5.97 Å². The second kappa shape index (κ2) is 6.63. The Morgan fingerprint density at radius 3 is 2.33 bits per heavy atom. The lowest BCUT2D eigenvalue weighted by Crippen LogP contribution is -2.11. The van der Waals surface area contributed by atoms with Crippen molar-refractivity contribution in [1.29, 1.82) is 0 Å². The zero-order valence-corrected chi connectivity index (χ0v) is 14.3. The lowest BCUT2D eigenvalue weighted by molar-refractivity contribution is 0.0691. The first-order valence-electron chi connectivity index (χ1n) is 7.34. The SMILES string of the molecule is NS(=O)(=O)c1ccc(N=Nc2ccc(O)c3[nH]c(C(=O)O)cc(=O)c23)cc1. The van der Waals surface area contributed by atoms with Gasteiger partial charge in [0.05, 0.1) is 27.2 Å². The number of hydrogen-bond acceptors (Lipinski definition) is 7. The summed E-state index contributed by atoms with van der Waals surface area (Å²) >= 11 is 0. The van der Waals surface area contributed by atoms with Crippen LogP contribution < -0.4 is 10.6 Å². The van der Waals surface area contributed by atoms with Crippen LogP contribution in [0.25, 0.3) is 10.9 Å². The molecule has 0 amide bonds. The van der Waals surface area contributed by atoms with Crippen LogP contribution in [0, 0.1) is 0 Å². The molecule has 0 aliphatic rings. The van der Waals surface area contributed by atoms with E-state index in [1.807, 2.05) is 0 Å². The van der Waals surface area contributed by atoms with Crippen molar-refractivity contribution in [2.24, 2.45) is 15.4 Å². The normalized spacial score (nSPS) is 11.9. The predicted octanol–water partition coefficient (Wildman–Crippen LogP) is 1.99. The molecule has 0 saturated carbocycles. The maximum atomic E-state index is 12.3. The third-order valence-electron chi connectivity index (χ3n) is 3.61. The van der Waals surface area contributed by atoms with E-state index in [1.165, 1.54) is 36.4 Å². The molecular formula is C16H12N4O6S. The molecule has 0 saturated heterocycles. The second-order valence-corrected chi connectivity index (χ2v) is 7.01. The molecule has 27 heavy (non-hydrogen) atoms. The molecule has 0 spiro atoms. The van der Waals surface area contributed by atoms with E-state index in [0.717, 1.165) is 6.07 Å². The van der Waals surface area contributed by atoms with Crippen molar-refractivity contribution in [3.8, 4) is 5.75 Å². The number of hydrogen-bond donors (Lipinski definition) is 4. The summed E-state index contributed by atoms with van der Waals surface area (Å²) in [5.41, 5.74) is -0.731. The number of phenolic OH excluding ortho intramolecular Hbond substituents is 1. The number of carboxylic acids is 1. The van der Waals surface area contributed by atoms with Gasteiger partial charge in [-0.15, -0.1) is 5.11 Å².